The van der Waals surface area contributed by atoms with E-state index in [-0.39, 0.29) is 6.61 Å². The van der Waals surface area contributed by atoms with E-state index in [1.54, 1.807) is 18.2 Å². The first kappa shape index (κ1) is 17.1. The number of halogens is 1. The van der Waals surface area contributed by atoms with Crippen LogP contribution in [-0.2, 0) is 18.0 Å². The maximum absolute atomic E-state index is 12.4. The van der Waals surface area contributed by atoms with Crippen molar-refractivity contribution in [1.29, 1.82) is 0 Å². The Bertz CT molecular complexity index is 832. The summed E-state index contributed by atoms with van der Waals surface area (Å²) < 4.78 is 11.2. The molecular weight excluding hydrogens is 336 g/mol. The van der Waals surface area contributed by atoms with Crippen LogP contribution in [0.4, 0.5) is 0 Å². The van der Waals surface area contributed by atoms with E-state index in [4.69, 9.17) is 21.1 Å². The molecule has 25 heavy (non-hydrogen) atoms. The van der Waals surface area contributed by atoms with Gasteiger partial charge in [0.2, 0.25) is 0 Å². The Labute approximate surface area is 151 Å². The van der Waals surface area contributed by atoms with E-state index < -0.39 is 5.97 Å². The molecule has 0 heterocycles. The van der Waals surface area contributed by atoms with E-state index in [1.807, 2.05) is 60.7 Å². The van der Waals surface area contributed by atoms with Gasteiger partial charge in [-0.3, -0.25) is 0 Å². The highest BCUT2D eigenvalue weighted by Crippen LogP contribution is 2.25. The molecule has 4 heteroatoms. The maximum atomic E-state index is 12.4. The number of benzene rings is 3. The topological polar surface area (TPSA) is 35.5 Å². The van der Waals surface area contributed by atoms with Gasteiger partial charge >= 0.3 is 5.97 Å². The Kier molecular flexibility index (Phi) is 5.70. The maximum Gasteiger partial charge on any atom is 0.342 e. The summed E-state index contributed by atoms with van der Waals surface area (Å²) in [5, 5.41) is 0.502. The number of rotatable bonds is 6. The first-order valence-electron chi connectivity index (χ1n) is 7.90. The Morgan fingerprint density at radius 1 is 0.800 bits per heavy atom. The average Bonchev–Trinajstić information content (AvgIpc) is 2.66. The van der Waals surface area contributed by atoms with Gasteiger partial charge < -0.3 is 9.47 Å². The van der Waals surface area contributed by atoms with E-state index in [1.165, 1.54) is 0 Å². The van der Waals surface area contributed by atoms with Crippen molar-refractivity contribution in [3.05, 3.63) is 101 Å². The third-order valence-corrected chi connectivity index (χ3v) is 3.85. The van der Waals surface area contributed by atoms with E-state index in [0.717, 1.165) is 11.1 Å². The van der Waals surface area contributed by atoms with Crippen molar-refractivity contribution in [2.75, 3.05) is 0 Å². The van der Waals surface area contributed by atoms with Crippen LogP contribution in [0.5, 0.6) is 5.75 Å². The van der Waals surface area contributed by atoms with Crippen LogP contribution >= 0.6 is 11.6 Å². The van der Waals surface area contributed by atoms with Crippen LogP contribution in [0.2, 0.25) is 5.02 Å². The lowest BCUT2D eigenvalue weighted by molar-refractivity contribution is 0.0467. The van der Waals surface area contributed by atoms with Gasteiger partial charge in [0.05, 0.1) is 0 Å². The third-order valence-electron chi connectivity index (χ3n) is 3.61. The zero-order chi connectivity index (χ0) is 17.5. The lowest BCUT2D eigenvalue weighted by Gasteiger charge is -2.12. The molecule has 3 aromatic rings. The number of esters is 1. The van der Waals surface area contributed by atoms with Crippen molar-refractivity contribution in [2.24, 2.45) is 0 Å². The summed E-state index contributed by atoms with van der Waals surface area (Å²) in [6.07, 6.45) is 0. The Morgan fingerprint density at radius 3 is 2.04 bits per heavy atom. The monoisotopic (exact) mass is 352 g/mol. The normalized spacial score (nSPS) is 10.3. The second-order valence-corrected chi connectivity index (χ2v) is 5.91. The molecule has 0 amide bonds. The largest absolute Gasteiger partial charge is 0.488 e. The summed E-state index contributed by atoms with van der Waals surface area (Å²) >= 11 is 6.04. The van der Waals surface area contributed by atoms with Gasteiger partial charge in [0.25, 0.3) is 0 Å². The molecule has 3 aromatic carbocycles. The molecule has 0 unspecified atom stereocenters. The van der Waals surface area contributed by atoms with E-state index in [2.05, 4.69) is 0 Å². The lowest BCUT2D eigenvalue weighted by atomic mass is 10.2. The van der Waals surface area contributed by atoms with Crippen molar-refractivity contribution in [3.8, 4) is 5.75 Å². The van der Waals surface area contributed by atoms with Gasteiger partial charge in [-0.15, -0.1) is 0 Å². The Morgan fingerprint density at radius 2 is 1.40 bits per heavy atom. The fourth-order valence-electron chi connectivity index (χ4n) is 2.32. The van der Waals surface area contributed by atoms with Gasteiger partial charge in [-0.25, -0.2) is 4.79 Å². The number of hydrogen-bond donors (Lipinski definition) is 0. The van der Waals surface area contributed by atoms with E-state index in [9.17, 15) is 4.79 Å². The lowest BCUT2D eigenvalue weighted by Crippen LogP contribution is -2.08. The summed E-state index contributed by atoms with van der Waals surface area (Å²) in [7, 11) is 0. The minimum atomic E-state index is -0.441. The molecule has 0 aliphatic heterocycles. The SMILES string of the molecule is O=C(OCc1ccccc1)c1ccc(Cl)cc1OCc1ccccc1. The molecular formula is C21H17ClO3. The minimum Gasteiger partial charge on any atom is -0.488 e. The molecule has 0 saturated carbocycles. The third kappa shape index (κ3) is 4.85. The van der Waals surface area contributed by atoms with Crippen LogP contribution in [0.3, 0.4) is 0 Å². The van der Waals surface area contributed by atoms with Crippen molar-refractivity contribution < 1.29 is 14.3 Å². The summed E-state index contributed by atoms with van der Waals surface area (Å²) in [5.74, 6) is -0.0296. The van der Waals surface area contributed by atoms with E-state index in [0.29, 0.717) is 22.9 Å². The quantitative estimate of drug-likeness (QED) is 0.566. The molecule has 0 saturated heterocycles. The summed E-state index contributed by atoms with van der Waals surface area (Å²) in [6.45, 7) is 0.556. The molecule has 0 aromatic heterocycles. The fourth-order valence-corrected chi connectivity index (χ4v) is 2.48. The highest BCUT2D eigenvalue weighted by atomic mass is 35.5. The average molecular weight is 353 g/mol. The molecule has 0 fully saturated rings. The van der Waals surface area contributed by atoms with Crippen molar-refractivity contribution in [3.63, 3.8) is 0 Å². The van der Waals surface area contributed by atoms with Crippen LogP contribution in [-0.4, -0.2) is 5.97 Å². The molecule has 126 valence electrons. The molecule has 0 spiro atoms. The summed E-state index contributed by atoms with van der Waals surface area (Å²) in [5.41, 5.74) is 2.29. The molecule has 0 radical (unpaired) electrons. The van der Waals surface area contributed by atoms with Gasteiger partial charge in [-0.1, -0.05) is 72.3 Å². The Hall–Kier alpha value is -2.78. The second-order valence-electron chi connectivity index (χ2n) is 5.48. The standard InChI is InChI=1S/C21H17ClO3/c22-18-11-12-19(21(23)25-15-17-9-5-2-6-10-17)20(13-18)24-14-16-7-3-1-4-8-16/h1-13H,14-15H2. The number of carbonyl (C=O) groups excluding carboxylic acids is 1. The fraction of sp³-hybridized carbons (Fsp3) is 0.0952. The number of ether oxygens (including phenoxy) is 2. The van der Waals surface area contributed by atoms with Gasteiger partial charge in [0.1, 0.15) is 24.5 Å². The zero-order valence-corrected chi connectivity index (χ0v) is 14.3. The van der Waals surface area contributed by atoms with Gasteiger partial charge in [-0.2, -0.15) is 0 Å². The van der Waals surface area contributed by atoms with Gasteiger partial charge in [0, 0.05) is 5.02 Å². The highest BCUT2D eigenvalue weighted by Gasteiger charge is 2.15. The smallest absolute Gasteiger partial charge is 0.342 e. The molecule has 0 atom stereocenters. The van der Waals surface area contributed by atoms with Crippen molar-refractivity contribution >= 4 is 17.6 Å². The molecule has 0 N–H and O–H groups in total. The van der Waals surface area contributed by atoms with Crippen LogP contribution in [0, 0.1) is 0 Å². The summed E-state index contributed by atoms with van der Waals surface area (Å²) in [4.78, 5) is 12.4. The van der Waals surface area contributed by atoms with Gasteiger partial charge in [0.15, 0.2) is 0 Å². The van der Waals surface area contributed by atoms with Crippen LogP contribution in [0.1, 0.15) is 21.5 Å². The van der Waals surface area contributed by atoms with Crippen LogP contribution in [0.15, 0.2) is 78.9 Å². The van der Waals surface area contributed by atoms with E-state index >= 15 is 0 Å². The second kappa shape index (κ2) is 8.36. The highest BCUT2D eigenvalue weighted by molar-refractivity contribution is 6.30. The molecule has 0 aliphatic rings. The Balaban J connectivity index is 1.70. The van der Waals surface area contributed by atoms with Crippen molar-refractivity contribution in [1.82, 2.24) is 0 Å². The first-order chi connectivity index (χ1) is 12.2. The summed E-state index contributed by atoms with van der Waals surface area (Å²) in [6, 6.07) is 24.2. The predicted molar refractivity (Wildman–Crippen MR) is 97.8 cm³/mol. The first-order valence-corrected chi connectivity index (χ1v) is 8.27. The van der Waals surface area contributed by atoms with Crippen LogP contribution < -0.4 is 4.74 Å². The number of hydrogen-bond acceptors (Lipinski definition) is 3. The molecule has 3 nitrogen and oxygen atoms in total. The molecule has 0 aliphatic carbocycles. The molecule has 3 rings (SSSR count). The van der Waals surface area contributed by atoms with Crippen LogP contribution in [0.25, 0.3) is 0 Å². The zero-order valence-electron chi connectivity index (χ0n) is 13.5. The number of carbonyl (C=O) groups is 1. The van der Waals surface area contributed by atoms with Crippen molar-refractivity contribution in [2.45, 2.75) is 13.2 Å². The minimum absolute atomic E-state index is 0.209. The van der Waals surface area contributed by atoms with Gasteiger partial charge in [-0.05, 0) is 29.3 Å². The molecule has 0 bridgehead atoms. The predicted octanol–water partition coefficient (Wildman–Crippen LogP) is 5.28.